The molecule has 2 fully saturated rings. The van der Waals surface area contributed by atoms with Crippen LogP contribution in [0.15, 0.2) is 0 Å². The highest BCUT2D eigenvalue weighted by Gasteiger charge is 2.41. The van der Waals surface area contributed by atoms with Crippen LogP contribution >= 0.6 is 12.4 Å². The summed E-state index contributed by atoms with van der Waals surface area (Å²) < 4.78 is 0. The van der Waals surface area contributed by atoms with Gasteiger partial charge in [0.1, 0.15) is 0 Å². The molecule has 88 valence electrons. The molecule has 2 rings (SSSR count). The quantitative estimate of drug-likeness (QED) is 0.746. The first kappa shape index (κ1) is 12.8. The number of hydrogen-bond donors (Lipinski definition) is 1. The van der Waals surface area contributed by atoms with Crippen LogP contribution in [0.4, 0.5) is 0 Å². The fourth-order valence-corrected chi connectivity index (χ4v) is 3.24. The fraction of sp³-hybridized carbons (Fsp3) is 0.909. The molecule has 2 N–H and O–H groups in total. The molecule has 1 aliphatic heterocycles. The van der Waals surface area contributed by atoms with Gasteiger partial charge in [0.25, 0.3) is 0 Å². The van der Waals surface area contributed by atoms with Crippen LogP contribution in [-0.2, 0) is 4.79 Å². The van der Waals surface area contributed by atoms with Crippen molar-refractivity contribution >= 4 is 18.3 Å². The lowest BCUT2D eigenvalue weighted by atomic mass is 9.85. The highest BCUT2D eigenvalue weighted by Crippen LogP contribution is 2.39. The molecule has 1 aliphatic carbocycles. The molecule has 3 unspecified atom stereocenters. The minimum atomic E-state index is 0. The van der Waals surface area contributed by atoms with E-state index in [0.717, 1.165) is 5.92 Å². The van der Waals surface area contributed by atoms with Gasteiger partial charge in [-0.2, -0.15) is 0 Å². The van der Waals surface area contributed by atoms with Crippen LogP contribution in [0.2, 0.25) is 0 Å². The number of nitrogens with two attached hydrogens (primary N) is 1. The van der Waals surface area contributed by atoms with Crippen LogP contribution < -0.4 is 5.73 Å². The standard InChI is InChI=1S/C11H20N2O.ClH/c1-8-6-9-4-2-3-5-10(9)13(8)11(14)7-12;/h8-10H,2-7,12H2,1H3;1H. The molecule has 2 aliphatic rings. The summed E-state index contributed by atoms with van der Waals surface area (Å²) in [5.41, 5.74) is 5.44. The Hall–Kier alpha value is -0.280. The van der Waals surface area contributed by atoms with E-state index in [1.54, 1.807) is 0 Å². The number of likely N-dealkylation sites (tertiary alicyclic amines) is 1. The zero-order valence-corrected chi connectivity index (χ0v) is 10.1. The molecule has 0 aromatic rings. The molecule has 1 saturated heterocycles. The Morgan fingerprint density at radius 1 is 1.40 bits per heavy atom. The van der Waals surface area contributed by atoms with Crippen LogP contribution in [0.5, 0.6) is 0 Å². The number of carbonyl (C=O) groups excluding carboxylic acids is 1. The Morgan fingerprint density at radius 2 is 2.07 bits per heavy atom. The third-order valence-electron chi connectivity index (χ3n) is 3.81. The van der Waals surface area contributed by atoms with Crippen LogP contribution in [0.25, 0.3) is 0 Å². The van der Waals surface area contributed by atoms with Crippen molar-refractivity contribution in [3.8, 4) is 0 Å². The summed E-state index contributed by atoms with van der Waals surface area (Å²) in [7, 11) is 0. The number of rotatable bonds is 1. The Morgan fingerprint density at radius 3 is 2.73 bits per heavy atom. The van der Waals surface area contributed by atoms with Gasteiger partial charge in [-0.1, -0.05) is 12.8 Å². The maximum absolute atomic E-state index is 11.7. The number of fused-ring (bicyclic) bond motifs is 1. The monoisotopic (exact) mass is 232 g/mol. The molecule has 0 bridgehead atoms. The summed E-state index contributed by atoms with van der Waals surface area (Å²) in [6.45, 7) is 2.33. The zero-order chi connectivity index (χ0) is 10.1. The predicted octanol–water partition coefficient (Wildman–Crippen LogP) is 1.55. The van der Waals surface area contributed by atoms with Gasteiger partial charge in [-0.05, 0) is 32.1 Å². The van der Waals surface area contributed by atoms with Crippen molar-refractivity contribution in [3.63, 3.8) is 0 Å². The molecule has 1 heterocycles. The summed E-state index contributed by atoms with van der Waals surface area (Å²) >= 11 is 0. The summed E-state index contributed by atoms with van der Waals surface area (Å²) in [6, 6.07) is 0.925. The first-order chi connectivity index (χ1) is 6.74. The minimum Gasteiger partial charge on any atom is -0.336 e. The third kappa shape index (κ3) is 2.28. The van der Waals surface area contributed by atoms with Gasteiger partial charge < -0.3 is 10.6 Å². The van der Waals surface area contributed by atoms with Gasteiger partial charge in [0.05, 0.1) is 6.54 Å². The minimum absolute atomic E-state index is 0. The second-order valence-corrected chi connectivity index (χ2v) is 4.70. The van der Waals surface area contributed by atoms with Gasteiger partial charge in [0.15, 0.2) is 0 Å². The second-order valence-electron chi connectivity index (χ2n) is 4.70. The van der Waals surface area contributed by atoms with Crippen molar-refractivity contribution in [2.75, 3.05) is 6.54 Å². The summed E-state index contributed by atoms with van der Waals surface area (Å²) in [6.07, 6.45) is 6.32. The first-order valence-electron chi connectivity index (χ1n) is 5.75. The van der Waals surface area contributed by atoms with Crippen molar-refractivity contribution < 1.29 is 4.79 Å². The average molecular weight is 233 g/mol. The Kier molecular flexibility index (Phi) is 4.41. The summed E-state index contributed by atoms with van der Waals surface area (Å²) in [5.74, 6) is 0.904. The largest absolute Gasteiger partial charge is 0.336 e. The smallest absolute Gasteiger partial charge is 0.236 e. The molecule has 1 amide bonds. The van der Waals surface area contributed by atoms with Crippen molar-refractivity contribution in [1.29, 1.82) is 0 Å². The van der Waals surface area contributed by atoms with E-state index in [1.165, 1.54) is 32.1 Å². The molecule has 4 heteroatoms. The van der Waals surface area contributed by atoms with Gasteiger partial charge in [0, 0.05) is 12.1 Å². The molecular formula is C11H21ClN2O. The van der Waals surface area contributed by atoms with E-state index >= 15 is 0 Å². The van der Waals surface area contributed by atoms with Crippen LogP contribution in [-0.4, -0.2) is 29.4 Å². The van der Waals surface area contributed by atoms with Crippen molar-refractivity contribution in [2.45, 2.75) is 51.1 Å². The lowest BCUT2D eigenvalue weighted by molar-refractivity contribution is -0.132. The van der Waals surface area contributed by atoms with Crippen molar-refractivity contribution in [1.82, 2.24) is 4.90 Å². The second kappa shape index (κ2) is 5.17. The van der Waals surface area contributed by atoms with E-state index in [4.69, 9.17) is 5.73 Å². The lowest BCUT2D eigenvalue weighted by Gasteiger charge is -2.33. The predicted molar refractivity (Wildman–Crippen MR) is 63.0 cm³/mol. The normalized spacial score (nSPS) is 34.5. The topological polar surface area (TPSA) is 46.3 Å². The molecule has 1 saturated carbocycles. The molecule has 0 spiro atoms. The lowest BCUT2D eigenvalue weighted by Crippen LogP contribution is -2.45. The fourth-order valence-electron chi connectivity index (χ4n) is 3.24. The molecule has 0 aromatic carbocycles. The van der Waals surface area contributed by atoms with Crippen LogP contribution in [0.3, 0.4) is 0 Å². The molecule has 3 nitrogen and oxygen atoms in total. The maximum atomic E-state index is 11.7. The number of nitrogens with zero attached hydrogens (tertiary/aromatic N) is 1. The summed E-state index contributed by atoms with van der Waals surface area (Å²) in [5, 5.41) is 0. The van der Waals surface area contributed by atoms with E-state index in [-0.39, 0.29) is 24.9 Å². The zero-order valence-electron chi connectivity index (χ0n) is 9.32. The number of amides is 1. The average Bonchev–Trinajstić information content (AvgIpc) is 2.53. The van der Waals surface area contributed by atoms with Gasteiger partial charge in [0.2, 0.25) is 5.91 Å². The van der Waals surface area contributed by atoms with Gasteiger partial charge in [-0.15, -0.1) is 12.4 Å². The molecule has 3 atom stereocenters. The van der Waals surface area contributed by atoms with E-state index in [2.05, 4.69) is 11.8 Å². The van der Waals surface area contributed by atoms with Crippen molar-refractivity contribution in [3.05, 3.63) is 0 Å². The maximum Gasteiger partial charge on any atom is 0.236 e. The van der Waals surface area contributed by atoms with Gasteiger partial charge in [-0.25, -0.2) is 0 Å². The van der Waals surface area contributed by atoms with E-state index in [1.807, 2.05) is 0 Å². The Bertz CT molecular complexity index is 235. The highest BCUT2D eigenvalue weighted by atomic mass is 35.5. The van der Waals surface area contributed by atoms with Crippen LogP contribution in [0, 0.1) is 5.92 Å². The number of hydrogen-bond acceptors (Lipinski definition) is 2. The molecular weight excluding hydrogens is 212 g/mol. The Labute approximate surface area is 97.8 Å². The first-order valence-corrected chi connectivity index (χ1v) is 5.75. The molecule has 0 aromatic heterocycles. The SMILES string of the molecule is CC1CC2CCCCC2N1C(=O)CN.Cl. The highest BCUT2D eigenvalue weighted by molar-refractivity contribution is 5.85. The van der Waals surface area contributed by atoms with E-state index in [0.29, 0.717) is 12.1 Å². The number of halogens is 1. The van der Waals surface area contributed by atoms with E-state index < -0.39 is 0 Å². The molecule has 15 heavy (non-hydrogen) atoms. The third-order valence-corrected chi connectivity index (χ3v) is 3.81. The Balaban J connectivity index is 0.00000112. The van der Waals surface area contributed by atoms with E-state index in [9.17, 15) is 4.79 Å². The van der Waals surface area contributed by atoms with Crippen LogP contribution in [0.1, 0.15) is 39.0 Å². The summed E-state index contributed by atoms with van der Waals surface area (Å²) in [4.78, 5) is 13.7. The van der Waals surface area contributed by atoms with Gasteiger partial charge >= 0.3 is 0 Å². The van der Waals surface area contributed by atoms with Crippen molar-refractivity contribution in [2.24, 2.45) is 11.7 Å². The number of carbonyl (C=O) groups is 1. The molecule has 0 radical (unpaired) electrons. The van der Waals surface area contributed by atoms with Gasteiger partial charge in [-0.3, -0.25) is 4.79 Å².